The second-order valence-electron chi connectivity index (χ2n) is 4.62. The van der Waals surface area contributed by atoms with Gasteiger partial charge in [0, 0.05) is 25.7 Å². The van der Waals surface area contributed by atoms with Crippen molar-refractivity contribution in [1.82, 2.24) is 9.80 Å². The number of likely N-dealkylation sites (N-methyl/N-ethyl adjacent to an activating group) is 2. The van der Waals surface area contributed by atoms with E-state index in [2.05, 4.69) is 0 Å². The molecule has 0 bridgehead atoms. The third-order valence-electron chi connectivity index (χ3n) is 3.25. The van der Waals surface area contributed by atoms with Gasteiger partial charge in [0.2, 0.25) is 11.8 Å². The lowest BCUT2D eigenvalue weighted by molar-refractivity contribution is -0.138. The number of hydrogen-bond donors (Lipinski definition) is 1. The Kier molecular flexibility index (Phi) is 6.03. The molecule has 1 aromatic carbocycles. The molecule has 0 aliphatic heterocycles. The van der Waals surface area contributed by atoms with Gasteiger partial charge in [-0.05, 0) is 19.9 Å². The summed E-state index contributed by atoms with van der Waals surface area (Å²) in [5.74, 6) is -0.153. The van der Waals surface area contributed by atoms with Crippen LogP contribution in [0.15, 0.2) is 24.3 Å². The average Bonchev–Trinajstić information content (AvgIpc) is 2.42. The Bertz CT molecular complexity index is 470. The lowest BCUT2D eigenvalue weighted by Gasteiger charge is -2.23. The molecular formula is C15H22N2O3. The minimum absolute atomic E-state index is 0.0636. The molecule has 0 saturated heterocycles. The molecule has 0 atom stereocenters. The van der Waals surface area contributed by atoms with Gasteiger partial charge < -0.3 is 14.9 Å². The summed E-state index contributed by atoms with van der Waals surface area (Å²) in [6.45, 7) is 5.15. The Labute approximate surface area is 119 Å². The number of benzene rings is 1. The van der Waals surface area contributed by atoms with E-state index in [1.165, 1.54) is 4.90 Å². The predicted octanol–water partition coefficient (Wildman–Crippen LogP) is 1.26. The monoisotopic (exact) mass is 278 g/mol. The number of phenols is 1. The Balaban J connectivity index is 2.60. The molecule has 0 aliphatic rings. The Morgan fingerprint density at radius 2 is 1.70 bits per heavy atom. The third-order valence-corrected chi connectivity index (χ3v) is 3.25. The number of amides is 2. The van der Waals surface area contributed by atoms with Gasteiger partial charge >= 0.3 is 0 Å². The summed E-state index contributed by atoms with van der Waals surface area (Å²) in [4.78, 5) is 27.0. The summed E-state index contributed by atoms with van der Waals surface area (Å²) in [5, 5.41) is 9.64. The van der Waals surface area contributed by atoms with Crippen molar-refractivity contribution in [2.45, 2.75) is 20.3 Å². The molecule has 0 fully saturated rings. The number of rotatable bonds is 6. The lowest BCUT2D eigenvalue weighted by Crippen LogP contribution is -2.41. The van der Waals surface area contributed by atoms with Crippen molar-refractivity contribution in [3.63, 3.8) is 0 Å². The summed E-state index contributed by atoms with van der Waals surface area (Å²) >= 11 is 0. The van der Waals surface area contributed by atoms with Gasteiger partial charge in [0.1, 0.15) is 5.75 Å². The van der Waals surface area contributed by atoms with Crippen LogP contribution in [-0.4, -0.2) is 53.4 Å². The molecule has 1 rings (SSSR count). The summed E-state index contributed by atoms with van der Waals surface area (Å²) in [7, 11) is 1.60. The zero-order valence-corrected chi connectivity index (χ0v) is 12.3. The van der Waals surface area contributed by atoms with Crippen LogP contribution in [-0.2, 0) is 16.0 Å². The van der Waals surface area contributed by atoms with Gasteiger partial charge in [-0.2, -0.15) is 0 Å². The summed E-state index contributed by atoms with van der Waals surface area (Å²) < 4.78 is 0. The zero-order valence-electron chi connectivity index (χ0n) is 12.3. The third kappa shape index (κ3) is 4.26. The van der Waals surface area contributed by atoms with Crippen LogP contribution in [0.4, 0.5) is 0 Å². The first kappa shape index (κ1) is 16.0. The van der Waals surface area contributed by atoms with Crippen LogP contribution in [0, 0.1) is 0 Å². The van der Waals surface area contributed by atoms with Crippen LogP contribution >= 0.6 is 0 Å². The number of carbonyl (C=O) groups is 2. The van der Waals surface area contributed by atoms with Gasteiger partial charge in [0.05, 0.1) is 13.0 Å². The normalized spacial score (nSPS) is 10.2. The molecule has 1 aromatic rings. The largest absolute Gasteiger partial charge is 0.508 e. The molecule has 0 heterocycles. The van der Waals surface area contributed by atoms with Crippen molar-refractivity contribution in [1.29, 1.82) is 0 Å². The first-order chi connectivity index (χ1) is 9.49. The molecule has 0 saturated carbocycles. The number of phenolic OH excluding ortho intramolecular Hbond substituents is 1. The highest BCUT2D eigenvalue weighted by molar-refractivity contribution is 5.86. The first-order valence-corrected chi connectivity index (χ1v) is 6.78. The number of carbonyl (C=O) groups excluding carboxylic acids is 2. The van der Waals surface area contributed by atoms with Crippen molar-refractivity contribution in [2.75, 3.05) is 26.7 Å². The van der Waals surface area contributed by atoms with E-state index < -0.39 is 0 Å². The van der Waals surface area contributed by atoms with E-state index in [0.29, 0.717) is 18.7 Å². The summed E-state index contributed by atoms with van der Waals surface area (Å²) in [5.41, 5.74) is 0.569. The lowest BCUT2D eigenvalue weighted by atomic mass is 10.1. The highest BCUT2D eigenvalue weighted by Gasteiger charge is 2.17. The van der Waals surface area contributed by atoms with Crippen LogP contribution < -0.4 is 0 Å². The zero-order chi connectivity index (χ0) is 15.1. The molecular weight excluding hydrogens is 256 g/mol. The molecule has 0 aliphatic carbocycles. The Morgan fingerprint density at radius 1 is 1.10 bits per heavy atom. The molecule has 2 amide bonds. The average molecular weight is 278 g/mol. The standard InChI is InChI=1S/C15H22N2O3/c1-4-17(5-2)15(20)11-16(3)14(19)10-12-8-6-7-9-13(12)18/h6-9,18H,4-5,10-11H2,1-3H3. The van der Waals surface area contributed by atoms with Gasteiger partial charge in [-0.1, -0.05) is 18.2 Å². The minimum Gasteiger partial charge on any atom is -0.508 e. The van der Waals surface area contributed by atoms with E-state index in [0.717, 1.165) is 0 Å². The molecule has 1 N–H and O–H groups in total. The number of nitrogens with zero attached hydrogens (tertiary/aromatic N) is 2. The Morgan fingerprint density at radius 3 is 2.25 bits per heavy atom. The van der Waals surface area contributed by atoms with E-state index >= 15 is 0 Å². The van der Waals surface area contributed by atoms with Crippen LogP contribution in [0.2, 0.25) is 0 Å². The molecule has 0 spiro atoms. The van der Waals surface area contributed by atoms with E-state index in [-0.39, 0.29) is 30.5 Å². The van der Waals surface area contributed by atoms with Crippen molar-refractivity contribution in [3.05, 3.63) is 29.8 Å². The smallest absolute Gasteiger partial charge is 0.242 e. The Hall–Kier alpha value is -2.04. The van der Waals surface area contributed by atoms with Crippen molar-refractivity contribution >= 4 is 11.8 Å². The van der Waals surface area contributed by atoms with Crippen LogP contribution in [0.25, 0.3) is 0 Å². The maximum atomic E-state index is 12.0. The second kappa shape index (κ2) is 7.53. The molecule has 110 valence electrons. The van der Waals surface area contributed by atoms with Crippen LogP contribution in [0.1, 0.15) is 19.4 Å². The quantitative estimate of drug-likeness (QED) is 0.852. The number of hydrogen-bond acceptors (Lipinski definition) is 3. The van der Waals surface area contributed by atoms with Gasteiger partial charge in [0.15, 0.2) is 0 Å². The van der Waals surface area contributed by atoms with Crippen molar-refractivity contribution in [2.24, 2.45) is 0 Å². The second-order valence-corrected chi connectivity index (χ2v) is 4.62. The maximum absolute atomic E-state index is 12.0. The van der Waals surface area contributed by atoms with Gasteiger partial charge in [-0.3, -0.25) is 9.59 Å². The molecule has 0 radical (unpaired) electrons. The highest BCUT2D eigenvalue weighted by Crippen LogP contribution is 2.16. The van der Waals surface area contributed by atoms with Crippen molar-refractivity contribution in [3.8, 4) is 5.75 Å². The number of para-hydroxylation sites is 1. The topological polar surface area (TPSA) is 60.9 Å². The van der Waals surface area contributed by atoms with Gasteiger partial charge in [-0.25, -0.2) is 0 Å². The fraction of sp³-hybridized carbons (Fsp3) is 0.467. The van der Waals surface area contributed by atoms with E-state index in [1.54, 1.807) is 36.2 Å². The van der Waals surface area contributed by atoms with Crippen LogP contribution in [0.3, 0.4) is 0 Å². The highest BCUT2D eigenvalue weighted by atomic mass is 16.3. The molecule has 5 heteroatoms. The van der Waals surface area contributed by atoms with Crippen LogP contribution in [0.5, 0.6) is 5.75 Å². The fourth-order valence-electron chi connectivity index (χ4n) is 1.93. The fourth-order valence-corrected chi connectivity index (χ4v) is 1.93. The SMILES string of the molecule is CCN(CC)C(=O)CN(C)C(=O)Cc1ccccc1O. The minimum atomic E-state index is -0.188. The van der Waals surface area contributed by atoms with E-state index in [9.17, 15) is 14.7 Å². The molecule has 0 unspecified atom stereocenters. The van der Waals surface area contributed by atoms with E-state index in [1.807, 2.05) is 13.8 Å². The van der Waals surface area contributed by atoms with E-state index in [4.69, 9.17) is 0 Å². The van der Waals surface area contributed by atoms with Gasteiger partial charge in [0.25, 0.3) is 0 Å². The summed E-state index contributed by atoms with van der Waals surface area (Å²) in [6, 6.07) is 6.72. The number of aromatic hydroxyl groups is 1. The van der Waals surface area contributed by atoms with Gasteiger partial charge in [-0.15, -0.1) is 0 Å². The molecule has 0 aromatic heterocycles. The molecule has 5 nitrogen and oxygen atoms in total. The molecule has 20 heavy (non-hydrogen) atoms. The first-order valence-electron chi connectivity index (χ1n) is 6.78. The summed E-state index contributed by atoms with van der Waals surface area (Å²) in [6.07, 6.45) is 0.0920. The predicted molar refractivity (Wildman–Crippen MR) is 77.4 cm³/mol. The maximum Gasteiger partial charge on any atom is 0.242 e. The van der Waals surface area contributed by atoms with Crippen molar-refractivity contribution < 1.29 is 14.7 Å².